The predicted octanol–water partition coefficient (Wildman–Crippen LogP) is 4.68. The topological polar surface area (TPSA) is 39.5 Å². The zero-order valence-electron chi connectivity index (χ0n) is 16.7. The molecule has 5 heterocycles. The minimum Gasteiger partial charge on any atom is -0.271 e. The van der Waals surface area contributed by atoms with Gasteiger partial charge in [-0.1, -0.05) is 42.5 Å². The van der Waals surface area contributed by atoms with E-state index in [1.807, 2.05) is 24.7 Å². The summed E-state index contributed by atoms with van der Waals surface area (Å²) in [5.74, 6) is 1.12. The summed E-state index contributed by atoms with van der Waals surface area (Å²) < 4.78 is 7.07. The molecule has 0 aliphatic carbocycles. The summed E-state index contributed by atoms with van der Waals surface area (Å²) >= 11 is 0. The van der Waals surface area contributed by atoms with Crippen LogP contribution in [0.1, 0.15) is 5.56 Å². The Bertz CT molecular complexity index is 1590. The highest BCUT2D eigenvalue weighted by atomic mass is 15.3. The van der Waals surface area contributed by atoms with Crippen LogP contribution in [-0.2, 0) is 6.54 Å². The lowest BCUT2D eigenvalue weighted by molar-refractivity contribution is -0.645. The summed E-state index contributed by atoms with van der Waals surface area (Å²) in [6.45, 7) is 0.811. The molecule has 0 fully saturated rings. The van der Waals surface area contributed by atoms with Crippen molar-refractivity contribution in [2.75, 3.05) is 0 Å². The molecule has 0 radical (unpaired) electrons. The van der Waals surface area contributed by atoms with Crippen molar-refractivity contribution < 1.29 is 4.57 Å². The molecule has 0 N–H and O–H groups in total. The Morgan fingerprint density at radius 1 is 0.742 bits per heavy atom. The van der Waals surface area contributed by atoms with Crippen LogP contribution in [0.25, 0.3) is 45.0 Å². The summed E-state index contributed by atoms with van der Waals surface area (Å²) in [7, 11) is 0. The maximum absolute atomic E-state index is 4.78. The van der Waals surface area contributed by atoms with Gasteiger partial charge in [-0.25, -0.2) is 9.55 Å². The number of benzene rings is 2. The molecule has 1 aliphatic heterocycles. The van der Waals surface area contributed by atoms with Gasteiger partial charge in [-0.2, -0.15) is 4.57 Å². The lowest BCUT2D eigenvalue weighted by Crippen LogP contribution is -2.31. The van der Waals surface area contributed by atoms with Crippen molar-refractivity contribution in [3.05, 3.63) is 103 Å². The molecule has 0 spiro atoms. The van der Waals surface area contributed by atoms with Crippen molar-refractivity contribution in [3.8, 4) is 22.9 Å². The third-order valence-electron chi connectivity index (χ3n) is 6.13. The molecular weight excluding hydrogens is 382 g/mol. The average molecular weight is 400 g/mol. The average Bonchev–Trinajstić information content (AvgIpc) is 3.46. The van der Waals surface area contributed by atoms with Crippen molar-refractivity contribution in [2.24, 2.45) is 0 Å². The third kappa shape index (κ3) is 2.17. The molecule has 5 nitrogen and oxygen atoms in total. The monoisotopic (exact) mass is 400 g/mol. The van der Waals surface area contributed by atoms with Gasteiger partial charge in [-0.05, 0) is 36.4 Å². The first-order valence-electron chi connectivity index (χ1n) is 10.4. The Balaban J connectivity index is 1.74. The van der Waals surface area contributed by atoms with Crippen LogP contribution in [0.2, 0.25) is 0 Å². The van der Waals surface area contributed by atoms with Crippen LogP contribution >= 0.6 is 0 Å². The Morgan fingerprint density at radius 3 is 2.26 bits per heavy atom. The number of hydrogen-bond donors (Lipinski definition) is 0. The molecule has 7 rings (SSSR count). The third-order valence-corrected chi connectivity index (χ3v) is 6.13. The highest BCUT2D eigenvalue weighted by molar-refractivity contribution is 6.05. The van der Waals surface area contributed by atoms with Crippen molar-refractivity contribution >= 4 is 22.1 Å². The molecule has 2 aromatic carbocycles. The van der Waals surface area contributed by atoms with E-state index in [1.165, 1.54) is 16.5 Å². The zero-order chi connectivity index (χ0) is 20.4. The lowest BCUT2D eigenvalue weighted by atomic mass is 10.2. The second-order valence-electron chi connectivity index (χ2n) is 7.83. The second-order valence-corrected chi connectivity index (χ2v) is 7.83. The highest BCUT2D eigenvalue weighted by Crippen LogP contribution is 2.38. The lowest BCUT2D eigenvalue weighted by Gasteiger charge is -2.08. The molecule has 5 heteroatoms. The number of pyridine rings is 2. The van der Waals surface area contributed by atoms with Crippen LogP contribution in [-0.4, -0.2) is 19.1 Å². The van der Waals surface area contributed by atoms with E-state index in [-0.39, 0.29) is 0 Å². The number of fused-ring (bicyclic) bond motifs is 7. The summed E-state index contributed by atoms with van der Waals surface area (Å²) in [6, 6.07) is 27.4. The number of para-hydroxylation sites is 2. The second kappa shape index (κ2) is 6.12. The normalized spacial score (nSPS) is 12.4. The van der Waals surface area contributed by atoms with E-state index in [9.17, 15) is 0 Å². The van der Waals surface area contributed by atoms with E-state index in [0.717, 1.165) is 40.6 Å². The van der Waals surface area contributed by atoms with E-state index < -0.39 is 0 Å². The maximum atomic E-state index is 4.78. The Labute approximate surface area is 178 Å². The van der Waals surface area contributed by atoms with Gasteiger partial charge in [-0.3, -0.25) is 9.55 Å². The fraction of sp³-hybridized carbons (Fsp3) is 0.0385. The Kier molecular flexibility index (Phi) is 3.27. The minimum atomic E-state index is 0.811. The highest BCUT2D eigenvalue weighted by Gasteiger charge is 2.39. The molecule has 0 atom stereocenters. The zero-order valence-corrected chi connectivity index (χ0v) is 16.7. The van der Waals surface area contributed by atoms with Gasteiger partial charge in [-0.15, -0.1) is 0 Å². The Hall–Kier alpha value is -4.25. The Morgan fingerprint density at radius 2 is 1.48 bits per heavy atom. The van der Waals surface area contributed by atoms with Crippen molar-refractivity contribution in [2.45, 2.75) is 6.54 Å². The van der Waals surface area contributed by atoms with E-state index in [2.05, 4.69) is 91.5 Å². The molecule has 4 aromatic heterocycles. The summed E-state index contributed by atoms with van der Waals surface area (Å²) in [5, 5.41) is 1.19. The van der Waals surface area contributed by atoms with Crippen LogP contribution < -0.4 is 4.57 Å². The van der Waals surface area contributed by atoms with Crippen LogP contribution in [0.3, 0.4) is 0 Å². The van der Waals surface area contributed by atoms with Crippen LogP contribution in [0.5, 0.6) is 0 Å². The number of nitrogens with zero attached hydrogens (tertiary/aromatic N) is 5. The molecule has 6 aromatic rings. The number of rotatable bonds is 2. The standard InChI is InChI=1S/C26H18N5/c1-3-9-19(10-4-1)30-22-16-27-15-13-21(22)24-26(30)31(20-11-5-2-6-12-20)25-23-18(17-29(24)25)8-7-14-28-23/h1-16H,17H2/q+1. The fourth-order valence-electron chi connectivity index (χ4n) is 4.89. The first-order valence-corrected chi connectivity index (χ1v) is 10.4. The predicted molar refractivity (Wildman–Crippen MR) is 120 cm³/mol. The van der Waals surface area contributed by atoms with Crippen LogP contribution in [0.4, 0.5) is 0 Å². The van der Waals surface area contributed by atoms with Crippen LogP contribution in [0.15, 0.2) is 97.5 Å². The van der Waals surface area contributed by atoms with E-state index in [4.69, 9.17) is 4.98 Å². The molecule has 0 bridgehead atoms. The summed E-state index contributed by atoms with van der Waals surface area (Å²) in [5.41, 5.74) is 7.97. The number of imidazole rings is 1. The van der Waals surface area contributed by atoms with Crippen molar-refractivity contribution in [1.29, 1.82) is 0 Å². The molecule has 0 amide bonds. The van der Waals surface area contributed by atoms with Gasteiger partial charge in [0, 0.05) is 23.6 Å². The largest absolute Gasteiger partial charge is 0.315 e. The summed E-state index contributed by atoms with van der Waals surface area (Å²) in [6.07, 6.45) is 5.73. The molecule has 31 heavy (non-hydrogen) atoms. The fourth-order valence-corrected chi connectivity index (χ4v) is 4.89. The molecule has 1 aliphatic rings. The SMILES string of the molecule is c1ccc(-n2c3[n+](c4c5ccncc5n(-c5ccccc5)c42)Cc2cccnc2-3)cc1. The van der Waals surface area contributed by atoms with E-state index in [1.54, 1.807) is 0 Å². The smallest absolute Gasteiger partial charge is 0.271 e. The van der Waals surface area contributed by atoms with Crippen molar-refractivity contribution in [3.63, 3.8) is 0 Å². The maximum Gasteiger partial charge on any atom is 0.315 e. The first kappa shape index (κ1) is 16.5. The molecular formula is C26H18N5+. The van der Waals surface area contributed by atoms with Gasteiger partial charge in [0.05, 0.1) is 17.1 Å². The summed E-state index contributed by atoms with van der Waals surface area (Å²) in [4.78, 5) is 9.24. The van der Waals surface area contributed by atoms with Crippen LogP contribution in [0, 0.1) is 0 Å². The van der Waals surface area contributed by atoms with E-state index >= 15 is 0 Å². The number of aromatic nitrogens is 5. The first-order chi connectivity index (χ1) is 15.4. The molecule has 0 unspecified atom stereocenters. The van der Waals surface area contributed by atoms with Gasteiger partial charge in [0.2, 0.25) is 5.52 Å². The van der Waals surface area contributed by atoms with Gasteiger partial charge in [0.25, 0.3) is 5.65 Å². The minimum absolute atomic E-state index is 0.811. The van der Waals surface area contributed by atoms with Gasteiger partial charge in [0.1, 0.15) is 12.2 Å². The molecule has 0 saturated heterocycles. The number of hydrogen-bond acceptors (Lipinski definition) is 2. The molecule has 146 valence electrons. The van der Waals surface area contributed by atoms with Gasteiger partial charge < -0.3 is 0 Å². The van der Waals surface area contributed by atoms with Crippen molar-refractivity contribution in [1.82, 2.24) is 19.1 Å². The van der Waals surface area contributed by atoms with E-state index in [0.29, 0.717) is 0 Å². The molecule has 0 saturated carbocycles. The van der Waals surface area contributed by atoms with Gasteiger partial charge >= 0.3 is 5.82 Å². The quantitative estimate of drug-likeness (QED) is 0.395. The van der Waals surface area contributed by atoms with Gasteiger partial charge in [0.15, 0.2) is 5.69 Å².